The maximum absolute atomic E-state index is 13.5. The number of fused-ring (bicyclic) bond motifs is 1. The highest BCUT2D eigenvalue weighted by Crippen LogP contribution is 2.14. The van der Waals surface area contributed by atoms with Gasteiger partial charge in [-0.25, -0.2) is 4.39 Å². The number of hydrogen-bond acceptors (Lipinski definition) is 1. The molecule has 0 saturated heterocycles. The normalized spacial score (nSPS) is 10.7. The predicted octanol–water partition coefficient (Wildman–Crippen LogP) is 3.24. The Morgan fingerprint density at radius 3 is 2.85 bits per heavy atom. The molecule has 0 radical (unpaired) electrons. The number of hydrogen-bond donors (Lipinski definition) is 2. The number of nitrogens with one attached hydrogen (secondary N) is 2. The molecule has 0 aliphatic rings. The Morgan fingerprint density at radius 1 is 1.15 bits per heavy atom. The van der Waals surface area contributed by atoms with Gasteiger partial charge in [0, 0.05) is 34.8 Å². The van der Waals surface area contributed by atoms with E-state index >= 15 is 0 Å². The third-order valence-corrected chi connectivity index (χ3v) is 3.21. The zero-order valence-corrected chi connectivity index (χ0v) is 10.7. The molecule has 0 aliphatic carbocycles. The fourth-order valence-corrected chi connectivity index (χ4v) is 2.11. The highest BCUT2D eigenvalue weighted by molar-refractivity contribution is 5.98. The highest BCUT2D eigenvalue weighted by atomic mass is 19.1. The lowest BCUT2D eigenvalue weighted by Crippen LogP contribution is -2.23. The van der Waals surface area contributed by atoms with E-state index in [9.17, 15) is 9.18 Å². The minimum absolute atomic E-state index is 0.177. The summed E-state index contributed by atoms with van der Waals surface area (Å²) in [5, 5.41) is 3.70. The standard InChI is InChI=1S/C16H13FN2O/c17-14-4-2-1-3-13(14)10-19-16(20)12-5-6-15-11(9-12)7-8-18-15/h1-9,18H,10H2,(H,19,20). The molecule has 0 aliphatic heterocycles. The molecule has 0 spiro atoms. The van der Waals surface area contributed by atoms with Crippen molar-refractivity contribution in [2.45, 2.75) is 6.54 Å². The first-order valence-corrected chi connectivity index (χ1v) is 6.33. The monoisotopic (exact) mass is 268 g/mol. The van der Waals surface area contributed by atoms with Gasteiger partial charge in [-0.1, -0.05) is 18.2 Å². The smallest absolute Gasteiger partial charge is 0.251 e. The van der Waals surface area contributed by atoms with Crippen molar-refractivity contribution < 1.29 is 9.18 Å². The lowest BCUT2D eigenvalue weighted by Gasteiger charge is -2.06. The number of halogens is 1. The Kier molecular flexibility index (Phi) is 3.21. The van der Waals surface area contributed by atoms with Crippen LogP contribution in [0.15, 0.2) is 54.7 Å². The number of carbonyl (C=O) groups is 1. The molecule has 2 N–H and O–H groups in total. The van der Waals surface area contributed by atoms with E-state index in [-0.39, 0.29) is 18.3 Å². The SMILES string of the molecule is O=C(NCc1ccccc1F)c1ccc2[nH]ccc2c1. The van der Waals surface area contributed by atoms with Crippen LogP contribution in [0.4, 0.5) is 4.39 Å². The van der Waals surface area contributed by atoms with Crippen LogP contribution in [0, 0.1) is 5.82 Å². The number of rotatable bonds is 3. The van der Waals surface area contributed by atoms with Gasteiger partial charge in [-0.2, -0.15) is 0 Å². The van der Waals surface area contributed by atoms with Crippen molar-refractivity contribution >= 4 is 16.8 Å². The fraction of sp³-hybridized carbons (Fsp3) is 0.0625. The van der Waals surface area contributed by atoms with E-state index < -0.39 is 0 Å². The van der Waals surface area contributed by atoms with E-state index in [1.54, 1.807) is 24.3 Å². The van der Waals surface area contributed by atoms with Crippen molar-refractivity contribution in [3.05, 3.63) is 71.7 Å². The summed E-state index contributed by atoms with van der Waals surface area (Å²) in [6, 6.07) is 13.7. The molecule has 1 amide bonds. The van der Waals surface area contributed by atoms with Crippen molar-refractivity contribution in [1.82, 2.24) is 10.3 Å². The Balaban J connectivity index is 1.74. The maximum Gasteiger partial charge on any atom is 0.251 e. The van der Waals surface area contributed by atoms with Crippen molar-refractivity contribution in [1.29, 1.82) is 0 Å². The van der Waals surface area contributed by atoms with E-state index in [0.717, 1.165) is 10.9 Å². The van der Waals surface area contributed by atoms with Crippen molar-refractivity contribution in [3.8, 4) is 0 Å². The largest absolute Gasteiger partial charge is 0.361 e. The minimum atomic E-state index is -0.311. The number of carbonyl (C=O) groups excluding carboxylic acids is 1. The van der Waals surface area contributed by atoms with E-state index in [0.29, 0.717) is 11.1 Å². The number of amides is 1. The summed E-state index contributed by atoms with van der Waals surface area (Å²) in [5.74, 6) is -0.523. The van der Waals surface area contributed by atoms with E-state index in [1.165, 1.54) is 6.07 Å². The molecule has 0 fully saturated rings. The summed E-state index contributed by atoms with van der Waals surface area (Å²) in [4.78, 5) is 15.1. The highest BCUT2D eigenvalue weighted by Gasteiger charge is 2.08. The molecule has 0 atom stereocenters. The Labute approximate surface area is 115 Å². The average Bonchev–Trinajstić information content (AvgIpc) is 2.93. The van der Waals surface area contributed by atoms with Gasteiger partial charge in [-0.15, -0.1) is 0 Å². The van der Waals surface area contributed by atoms with Crippen LogP contribution in [0.3, 0.4) is 0 Å². The Morgan fingerprint density at radius 2 is 2.00 bits per heavy atom. The van der Waals surface area contributed by atoms with Gasteiger partial charge in [-0.3, -0.25) is 4.79 Å². The van der Waals surface area contributed by atoms with Crippen molar-refractivity contribution in [3.63, 3.8) is 0 Å². The zero-order chi connectivity index (χ0) is 13.9. The lowest BCUT2D eigenvalue weighted by atomic mass is 10.1. The van der Waals surface area contributed by atoms with Crippen LogP contribution in [0.5, 0.6) is 0 Å². The molecule has 1 heterocycles. The first kappa shape index (κ1) is 12.4. The molecule has 0 saturated carbocycles. The van der Waals surface area contributed by atoms with Gasteiger partial charge >= 0.3 is 0 Å². The fourth-order valence-electron chi connectivity index (χ4n) is 2.11. The maximum atomic E-state index is 13.5. The van der Waals surface area contributed by atoms with Gasteiger partial charge in [0.25, 0.3) is 5.91 Å². The van der Waals surface area contributed by atoms with Gasteiger partial charge < -0.3 is 10.3 Å². The zero-order valence-electron chi connectivity index (χ0n) is 10.7. The summed E-state index contributed by atoms with van der Waals surface area (Å²) in [7, 11) is 0. The molecule has 4 heteroatoms. The summed E-state index contributed by atoms with van der Waals surface area (Å²) < 4.78 is 13.5. The second-order valence-electron chi connectivity index (χ2n) is 4.55. The molecule has 3 nitrogen and oxygen atoms in total. The van der Waals surface area contributed by atoms with Crippen LogP contribution in [0.25, 0.3) is 10.9 Å². The van der Waals surface area contributed by atoms with Crippen LogP contribution in [0.1, 0.15) is 15.9 Å². The average molecular weight is 268 g/mol. The Bertz CT molecular complexity index is 764. The van der Waals surface area contributed by atoms with Crippen LogP contribution < -0.4 is 5.32 Å². The van der Waals surface area contributed by atoms with Crippen molar-refractivity contribution in [2.24, 2.45) is 0 Å². The molecule has 0 unspecified atom stereocenters. The van der Waals surface area contributed by atoms with Crippen molar-refractivity contribution in [2.75, 3.05) is 0 Å². The second-order valence-corrected chi connectivity index (χ2v) is 4.55. The van der Waals surface area contributed by atoms with Gasteiger partial charge in [0.15, 0.2) is 0 Å². The van der Waals surface area contributed by atoms with Crippen LogP contribution in [0.2, 0.25) is 0 Å². The van der Waals surface area contributed by atoms with Gasteiger partial charge in [-0.05, 0) is 30.3 Å². The van der Waals surface area contributed by atoms with Crippen LogP contribution in [-0.4, -0.2) is 10.9 Å². The summed E-state index contributed by atoms with van der Waals surface area (Å²) in [5.41, 5.74) is 2.02. The van der Waals surface area contributed by atoms with Gasteiger partial charge in [0.1, 0.15) is 5.82 Å². The summed E-state index contributed by atoms with van der Waals surface area (Å²) >= 11 is 0. The lowest BCUT2D eigenvalue weighted by molar-refractivity contribution is 0.0950. The topological polar surface area (TPSA) is 44.9 Å². The number of benzene rings is 2. The summed E-state index contributed by atoms with van der Waals surface area (Å²) in [6.45, 7) is 0.177. The Hall–Kier alpha value is -2.62. The molecule has 100 valence electrons. The molecule has 3 aromatic rings. The molecule has 1 aromatic heterocycles. The molecule has 3 rings (SSSR count). The molecule has 0 bridgehead atoms. The van der Waals surface area contributed by atoms with Gasteiger partial charge in [0.2, 0.25) is 0 Å². The first-order valence-electron chi connectivity index (χ1n) is 6.33. The molecular formula is C16H13FN2O. The van der Waals surface area contributed by atoms with Crippen LogP contribution >= 0.6 is 0 Å². The minimum Gasteiger partial charge on any atom is -0.361 e. The quantitative estimate of drug-likeness (QED) is 0.752. The number of H-pyrrole nitrogens is 1. The number of aromatic nitrogens is 1. The van der Waals surface area contributed by atoms with E-state index in [1.807, 2.05) is 24.4 Å². The molecule has 20 heavy (non-hydrogen) atoms. The second kappa shape index (κ2) is 5.17. The molecule has 2 aromatic carbocycles. The summed E-state index contributed by atoms with van der Waals surface area (Å²) in [6.07, 6.45) is 1.83. The predicted molar refractivity (Wildman–Crippen MR) is 75.9 cm³/mol. The first-order chi connectivity index (χ1) is 9.74. The van der Waals surface area contributed by atoms with Crippen LogP contribution in [-0.2, 0) is 6.54 Å². The third-order valence-electron chi connectivity index (χ3n) is 3.21. The number of aromatic amines is 1. The van der Waals surface area contributed by atoms with Gasteiger partial charge in [0.05, 0.1) is 0 Å². The third kappa shape index (κ3) is 2.40. The molecular weight excluding hydrogens is 255 g/mol. The van der Waals surface area contributed by atoms with E-state index in [4.69, 9.17) is 0 Å². The van der Waals surface area contributed by atoms with E-state index in [2.05, 4.69) is 10.3 Å².